The summed E-state index contributed by atoms with van der Waals surface area (Å²) in [6, 6.07) is 0. The van der Waals surface area contributed by atoms with Crippen molar-refractivity contribution < 1.29 is 39.0 Å². The fourth-order valence-corrected chi connectivity index (χ4v) is 1.77. The fourth-order valence-electron chi connectivity index (χ4n) is 1.77. The van der Waals surface area contributed by atoms with Crippen molar-refractivity contribution in [1.82, 2.24) is 4.90 Å². The number of carboxylic acids is 1. The molecule has 0 aliphatic carbocycles. The smallest absolute Gasteiger partial charge is 0.859 e. The number of hydrogen-bond acceptors (Lipinski definition) is 5. The Balaban J connectivity index is 0. The first-order chi connectivity index (χ1) is 9.95. The monoisotopic (exact) mass is 306 g/mol. The molecule has 0 rings (SSSR count). The Morgan fingerprint density at radius 2 is 2.09 bits per heavy atom. The van der Waals surface area contributed by atoms with Crippen molar-refractivity contribution in [3.05, 3.63) is 12.2 Å². The summed E-state index contributed by atoms with van der Waals surface area (Å²) in [5.74, 6) is -1.23. The van der Waals surface area contributed by atoms with E-state index in [2.05, 4.69) is 11.9 Å². The van der Waals surface area contributed by atoms with Crippen LogP contribution in [-0.4, -0.2) is 52.8 Å². The van der Waals surface area contributed by atoms with E-state index in [0.29, 0.717) is 6.54 Å². The first kappa shape index (κ1) is 23.5. The first-order valence-corrected chi connectivity index (χ1v) is 7.46. The maximum atomic E-state index is 11.5. The first-order valence-electron chi connectivity index (χ1n) is 7.46. The van der Waals surface area contributed by atoms with Crippen LogP contribution in [-0.2, 0) is 4.79 Å². The SMILES string of the molecule is CCCCC/C=C/C([O-])=NCN(CCC(=O)O)CC(C)O.[Li+]. The van der Waals surface area contributed by atoms with Gasteiger partial charge >= 0.3 is 24.8 Å². The van der Waals surface area contributed by atoms with Gasteiger partial charge in [-0.2, -0.15) is 0 Å². The summed E-state index contributed by atoms with van der Waals surface area (Å²) in [4.78, 5) is 16.1. The maximum Gasteiger partial charge on any atom is 1.00 e. The molecular formula is C15H27LiN2O4. The molecule has 1 unspecified atom stereocenters. The molecule has 0 heterocycles. The minimum Gasteiger partial charge on any atom is -0.859 e. The third-order valence-corrected chi connectivity index (χ3v) is 2.83. The Hall–Kier alpha value is -0.803. The second-order valence-electron chi connectivity index (χ2n) is 5.11. The van der Waals surface area contributed by atoms with Crippen LogP contribution in [0.5, 0.6) is 0 Å². The number of hydrogen-bond donors (Lipinski definition) is 2. The average molecular weight is 306 g/mol. The number of aliphatic imine (C=N–C) groups is 1. The largest absolute Gasteiger partial charge is 1.00 e. The molecule has 0 spiro atoms. The summed E-state index contributed by atoms with van der Waals surface area (Å²) in [5, 5.41) is 29.6. The summed E-state index contributed by atoms with van der Waals surface area (Å²) in [7, 11) is 0. The van der Waals surface area contributed by atoms with Gasteiger partial charge in [-0.1, -0.05) is 31.9 Å². The zero-order valence-electron chi connectivity index (χ0n) is 14.0. The normalized spacial score (nSPS) is 13.4. The molecule has 1 atom stereocenters. The molecule has 0 radical (unpaired) electrons. The van der Waals surface area contributed by atoms with Crippen LogP contribution in [0.15, 0.2) is 17.1 Å². The van der Waals surface area contributed by atoms with Crippen LogP contribution in [0.1, 0.15) is 46.0 Å². The van der Waals surface area contributed by atoms with Gasteiger partial charge in [-0.15, -0.1) is 0 Å². The summed E-state index contributed by atoms with van der Waals surface area (Å²) >= 11 is 0. The molecule has 0 aliphatic rings. The van der Waals surface area contributed by atoms with Gasteiger partial charge in [0.05, 0.1) is 19.2 Å². The molecule has 0 fully saturated rings. The van der Waals surface area contributed by atoms with E-state index < -0.39 is 12.1 Å². The molecule has 0 saturated heterocycles. The number of aliphatic hydroxyl groups excluding tert-OH is 1. The van der Waals surface area contributed by atoms with E-state index in [4.69, 9.17) is 5.11 Å². The van der Waals surface area contributed by atoms with Crippen molar-refractivity contribution in [2.45, 2.75) is 52.1 Å². The van der Waals surface area contributed by atoms with Gasteiger partial charge in [0.2, 0.25) is 0 Å². The number of unbranched alkanes of at least 4 members (excludes halogenated alkanes) is 3. The number of aliphatic hydroxyl groups is 1. The Morgan fingerprint density at radius 1 is 1.41 bits per heavy atom. The van der Waals surface area contributed by atoms with Gasteiger partial charge in [0.25, 0.3) is 0 Å². The standard InChI is InChI=1S/C15H28N2O4.Li/c1-3-4-5-6-7-8-14(19)16-12-17(11-13(2)18)10-9-15(20)21;/h7-8,13,18H,3-6,9-12H2,1-2H3,(H,16,19)(H,20,21);/q;+1/p-1/b8-7+;. The summed E-state index contributed by atoms with van der Waals surface area (Å²) in [5.41, 5.74) is 0. The molecule has 0 bridgehead atoms. The van der Waals surface area contributed by atoms with Gasteiger partial charge in [-0.3, -0.25) is 14.7 Å². The maximum absolute atomic E-state index is 11.5. The minimum absolute atomic E-state index is 0. The molecule has 6 nitrogen and oxygen atoms in total. The van der Waals surface area contributed by atoms with E-state index in [1.807, 2.05) is 6.08 Å². The number of aliphatic carboxylic acids is 1. The summed E-state index contributed by atoms with van der Waals surface area (Å²) in [6.45, 7) is 4.40. The molecule has 0 saturated carbocycles. The van der Waals surface area contributed by atoms with Crippen molar-refractivity contribution in [3.63, 3.8) is 0 Å². The molecule has 0 amide bonds. The molecule has 122 valence electrons. The second kappa shape index (κ2) is 15.1. The topological polar surface area (TPSA) is 96.2 Å². The molecule has 0 aromatic carbocycles. The van der Waals surface area contributed by atoms with Crippen LogP contribution < -0.4 is 24.0 Å². The van der Waals surface area contributed by atoms with Crippen LogP contribution in [0, 0.1) is 0 Å². The molecule has 22 heavy (non-hydrogen) atoms. The third-order valence-electron chi connectivity index (χ3n) is 2.83. The van der Waals surface area contributed by atoms with Gasteiger partial charge in [-0.05, 0) is 25.7 Å². The third kappa shape index (κ3) is 15.6. The van der Waals surface area contributed by atoms with E-state index in [1.54, 1.807) is 11.8 Å². The quantitative estimate of drug-likeness (QED) is 0.188. The van der Waals surface area contributed by atoms with Crippen LogP contribution in [0.25, 0.3) is 0 Å². The van der Waals surface area contributed by atoms with E-state index in [0.717, 1.165) is 25.7 Å². The van der Waals surface area contributed by atoms with Gasteiger partial charge in [0.15, 0.2) is 0 Å². The van der Waals surface area contributed by atoms with E-state index >= 15 is 0 Å². The van der Waals surface area contributed by atoms with Gasteiger partial charge in [0.1, 0.15) is 0 Å². The van der Waals surface area contributed by atoms with Gasteiger partial charge in [-0.25, -0.2) is 0 Å². The Labute approximate surface area is 145 Å². The Kier molecular flexibility index (Phi) is 16.1. The van der Waals surface area contributed by atoms with Gasteiger partial charge in [0, 0.05) is 13.1 Å². The predicted octanol–water partition coefficient (Wildman–Crippen LogP) is -2.00. The zero-order valence-corrected chi connectivity index (χ0v) is 14.0. The van der Waals surface area contributed by atoms with Crippen molar-refractivity contribution in [1.29, 1.82) is 0 Å². The van der Waals surface area contributed by atoms with Crippen molar-refractivity contribution >= 4 is 11.9 Å². The number of carbonyl (C=O) groups is 1. The molecule has 0 aliphatic heterocycles. The molecule has 7 heteroatoms. The van der Waals surface area contributed by atoms with E-state index in [1.165, 1.54) is 6.08 Å². The second-order valence-corrected chi connectivity index (χ2v) is 5.11. The van der Waals surface area contributed by atoms with Crippen LogP contribution in [0.4, 0.5) is 0 Å². The van der Waals surface area contributed by atoms with Crippen LogP contribution >= 0.6 is 0 Å². The Bertz CT molecular complexity index is 346. The summed E-state index contributed by atoms with van der Waals surface area (Å²) in [6.07, 6.45) is 6.86. The van der Waals surface area contributed by atoms with Gasteiger partial charge < -0.3 is 15.3 Å². The molecular weight excluding hydrogens is 279 g/mol. The summed E-state index contributed by atoms with van der Waals surface area (Å²) < 4.78 is 0. The van der Waals surface area contributed by atoms with Crippen molar-refractivity contribution in [2.75, 3.05) is 19.8 Å². The van der Waals surface area contributed by atoms with Crippen LogP contribution in [0.3, 0.4) is 0 Å². The molecule has 0 aromatic heterocycles. The van der Waals surface area contributed by atoms with E-state index in [9.17, 15) is 15.0 Å². The fraction of sp³-hybridized carbons (Fsp3) is 0.733. The molecule has 2 N–H and O–H groups in total. The number of nitrogens with zero attached hydrogens (tertiary/aromatic N) is 2. The number of rotatable bonds is 12. The number of carboxylic acid groups (broad SMARTS) is 1. The Morgan fingerprint density at radius 3 is 2.64 bits per heavy atom. The average Bonchev–Trinajstić information content (AvgIpc) is 2.41. The number of allylic oxidation sites excluding steroid dienone is 1. The zero-order chi connectivity index (χ0) is 16.1. The molecule has 0 aromatic rings. The van der Waals surface area contributed by atoms with Crippen molar-refractivity contribution in [3.8, 4) is 0 Å². The van der Waals surface area contributed by atoms with Crippen molar-refractivity contribution in [2.24, 2.45) is 4.99 Å². The van der Waals surface area contributed by atoms with Crippen LogP contribution in [0.2, 0.25) is 0 Å². The van der Waals surface area contributed by atoms with E-state index in [-0.39, 0.29) is 44.4 Å². The minimum atomic E-state index is -0.910. The predicted molar refractivity (Wildman–Crippen MR) is 81.1 cm³/mol.